The summed E-state index contributed by atoms with van der Waals surface area (Å²) in [5.41, 5.74) is 3.49. The van der Waals surface area contributed by atoms with Crippen LogP contribution < -0.4 is 5.32 Å². The Morgan fingerprint density at radius 1 is 1.14 bits per heavy atom. The molecule has 3 aromatic rings. The summed E-state index contributed by atoms with van der Waals surface area (Å²) in [5.74, 6) is -0.00976. The van der Waals surface area contributed by atoms with Crippen molar-refractivity contribution in [2.75, 3.05) is 33.4 Å². The van der Waals surface area contributed by atoms with Crippen LogP contribution in [0.15, 0.2) is 48.5 Å². The van der Waals surface area contributed by atoms with Gasteiger partial charge in [0.15, 0.2) is 0 Å². The maximum Gasteiger partial charge on any atom is 0.223 e. The van der Waals surface area contributed by atoms with E-state index in [1.807, 2.05) is 19.9 Å². The van der Waals surface area contributed by atoms with Gasteiger partial charge in [-0.05, 0) is 49.2 Å². The number of likely N-dealkylation sites (tertiary alicyclic amines) is 1. The minimum absolute atomic E-state index is 0.0652. The minimum atomic E-state index is -0.145. The number of benzene rings is 2. The maximum atomic E-state index is 12.8. The molecule has 1 aliphatic heterocycles. The molecule has 1 aliphatic carbocycles. The number of carbonyl (C=O) groups is 1. The van der Waals surface area contributed by atoms with Crippen molar-refractivity contribution < 1.29 is 14.3 Å². The van der Waals surface area contributed by atoms with Crippen molar-refractivity contribution in [3.8, 4) is 0 Å². The van der Waals surface area contributed by atoms with E-state index < -0.39 is 0 Å². The SMILES string of the molecule is COCCO[C@H]1[C@H](NC(=O)C(C)C)c2ccccc2C12CCN(Cc1nc3ccccc3s1)CC2. The Kier molecular flexibility index (Phi) is 7.21. The van der Waals surface area contributed by atoms with Gasteiger partial charge in [-0.3, -0.25) is 9.69 Å². The molecule has 1 N–H and O–H groups in total. The molecule has 0 saturated carbocycles. The summed E-state index contributed by atoms with van der Waals surface area (Å²) in [4.78, 5) is 20.1. The number of carbonyl (C=O) groups excluding carboxylic acids is 1. The van der Waals surface area contributed by atoms with Gasteiger partial charge in [0.1, 0.15) is 5.01 Å². The zero-order valence-corrected chi connectivity index (χ0v) is 21.6. The third-order valence-corrected chi connectivity index (χ3v) is 8.55. The van der Waals surface area contributed by atoms with Gasteiger partial charge in [0.05, 0.1) is 42.1 Å². The van der Waals surface area contributed by atoms with Crippen molar-refractivity contribution in [2.24, 2.45) is 5.92 Å². The van der Waals surface area contributed by atoms with Crippen LogP contribution >= 0.6 is 11.3 Å². The first-order chi connectivity index (χ1) is 17.0. The molecule has 7 heteroatoms. The zero-order valence-electron chi connectivity index (χ0n) is 20.8. The predicted octanol–water partition coefficient (Wildman–Crippen LogP) is 4.69. The molecule has 1 amide bonds. The number of fused-ring (bicyclic) bond motifs is 3. The molecule has 2 aromatic carbocycles. The van der Waals surface area contributed by atoms with Gasteiger partial charge in [0, 0.05) is 18.4 Å². The Balaban J connectivity index is 1.38. The zero-order chi connectivity index (χ0) is 24.4. The summed E-state index contributed by atoms with van der Waals surface area (Å²) in [6.07, 6.45) is 1.86. The van der Waals surface area contributed by atoms with Crippen LogP contribution in [0.5, 0.6) is 0 Å². The maximum absolute atomic E-state index is 12.8. The highest BCUT2D eigenvalue weighted by molar-refractivity contribution is 7.18. The number of para-hydroxylation sites is 1. The van der Waals surface area contributed by atoms with E-state index in [9.17, 15) is 4.79 Å². The summed E-state index contributed by atoms with van der Waals surface area (Å²) in [5, 5.41) is 4.49. The quantitative estimate of drug-likeness (QED) is 0.462. The Bertz CT molecular complexity index is 1140. The number of nitrogens with zero attached hydrogens (tertiary/aromatic N) is 2. The number of piperidine rings is 1. The number of rotatable bonds is 8. The van der Waals surface area contributed by atoms with E-state index in [0.29, 0.717) is 13.2 Å². The Hall–Kier alpha value is -2.32. The Morgan fingerprint density at radius 2 is 1.89 bits per heavy atom. The molecule has 186 valence electrons. The van der Waals surface area contributed by atoms with Gasteiger partial charge in [-0.15, -0.1) is 11.3 Å². The number of methoxy groups -OCH3 is 1. The van der Waals surface area contributed by atoms with Crippen LogP contribution in [-0.2, 0) is 26.2 Å². The molecule has 2 heterocycles. The molecule has 2 aliphatic rings. The highest BCUT2D eigenvalue weighted by Gasteiger charge is 2.54. The van der Waals surface area contributed by atoms with E-state index in [1.54, 1.807) is 18.4 Å². The number of hydrogen-bond acceptors (Lipinski definition) is 6. The molecule has 5 rings (SSSR count). The molecule has 1 aromatic heterocycles. The fourth-order valence-electron chi connectivity index (χ4n) is 5.69. The molecule has 1 fully saturated rings. The van der Waals surface area contributed by atoms with Crippen LogP contribution in [0.2, 0.25) is 0 Å². The third-order valence-electron chi connectivity index (χ3n) is 7.53. The van der Waals surface area contributed by atoms with E-state index in [2.05, 4.69) is 52.7 Å². The van der Waals surface area contributed by atoms with Gasteiger partial charge in [-0.25, -0.2) is 4.98 Å². The fraction of sp³-hybridized carbons (Fsp3) is 0.500. The lowest BCUT2D eigenvalue weighted by Gasteiger charge is -2.44. The second-order valence-corrected chi connectivity index (χ2v) is 11.1. The third kappa shape index (κ3) is 4.75. The molecule has 1 saturated heterocycles. The van der Waals surface area contributed by atoms with Crippen molar-refractivity contribution in [3.63, 3.8) is 0 Å². The van der Waals surface area contributed by atoms with Crippen LogP contribution in [-0.4, -0.2) is 55.3 Å². The average Bonchev–Trinajstić information content (AvgIpc) is 3.38. The molecule has 1 spiro atoms. The van der Waals surface area contributed by atoms with Crippen LogP contribution in [0.3, 0.4) is 0 Å². The largest absolute Gasteiger partial charge is 0.382 e. The number of nitrogens with one attached hydrogen (secondary N) is 1. The van der Waals surface area contributed by atoms with Gasteiger partial charge in [-0.2, -0.15) is 0 Å². The van der Waals surface area contributed by atoms with E-state index in [-0.39, 0.29) is 29.4 Å². The summed E-state index contributed by atoms with van der Waals surface area (Å²) in [6, 6.07) is 16.8. The lowest BCUT2D eigenvalue weighted by atomic mass is 9.72. The number of amides is 1. The topological polar surface area (TPSA) is 63.7 Å². The van der Waals surface area contributed by atoms with Crippen LogP contribution in [0, 0.1) is 5.92 Å². The second kappa shape index (κ2) is 10.3. The highest BCUT2D eigenvalue weighted by atomic mass is 32.1. The second-order valence-electron chi connectivity index (χ2n) is 10.0. The highest BCUT2D eigenvalue weighted by Crippen LogP contribution is 2.52. The molecular formula is C28H35N3O3S. The van der Waals surface area contributed by atoms with Gasteiger partial charge in [0.2, 0.25) is 5.91 Å². The first-order valence-corrected chi connectivity index (χ1v) is 13.4. The van der Waals surface area contributed by atoms with E-state index in [1.165, 1.54) is 20.8 Å². The number of hydrogen-bond donors (Lipinski definition) is 1. The van der Waals surface area contributed by atoms with E-state index >= 15 is 0 Å². The molecule has 35 heavy (non-hydrogen) atoms. The minimum Gasteiger partial charge on any atom is -0.382 e. The van der Waals surface area contributed by atoms with Gasteiger partial charge < -0.3 is 14.8 Å². The number of thiazole rings is 1. The van der Waals surface area contributed by atoms with E-state index in [4.69, 9.17) is 14.5 Å². The van der Waals surface area contributed by atoms with Crippen molar-refractivity contribution >= 4 is 27.5 Å². The Morgan fingerprint density at radius 3 is 2.63 bits per heavy atom. The van der Waals surface area contributed by atoms with Crippen molar-refractivity contribution in [1.82, 2.24) is 15.2 Å². The molecular weight excluding hydrogens is 458 g/mol. The summed E-state index contributed by atoms with van der Waals surface area (Å²) in [6.45, 7) is 7.75. The average molecular weight is 494 g/mol. The first kappa shape index (κ1) is 24.4. The lowest BCUT2D eigenvalue weighted by Crippen LogP contribution is -2.51. The van der Waals surface area contributed by atoms with Gasteiger partial charge in [0.25, 0.3) is 0 Å². The van der Waals surface area contributed by atoms with Crippen LogP contribution in [0.4, 0.5) is 0 Å². The smallest absolute Gasteiger partial charge is 0.223 e. The standard InChI is InChI=1S/C28H35N3O3S/c1-19(2)27(32)30-25-20-8-4-5-9-21(20)28(26(25)34-17-16-33-3)12-14-31(15-13-28)18-24-29-22-10-6-7-11-23(22)35-24/h4-11,19,25-26H,12-18H2,1-3H3,(H,30,32)/t25-,26+/m1/s1. The summed E-state index contributed by atoms with van der Waals surface area (Å²) in [7, 11) is 1.70. The van der Waals surface area contributed by atoms with E-state index in [0.717, 1.165) is 38.0 Å². The molecule has 6 nitrogen and oxygen atoms in total. The van der Waals surface area contributed by atoms with Crippen LogP contribution in [0.1, 0.15) is 48.9 Å². The molecule has 0 unspecified atom stereocenters. The monoisotopic (exact) mass is 493 g/mol. The lowest BCUT2D eigenvalue weighted by molar-refractivity contribution is -0.127. The molecule has 2 atom stereocenters. The van der Waals surface area contributed by atoms with Crippen molar-refractivity contribution in [3.05, 3.63) is 64.7 Å². The van der Waals surface area contributed by atoms with Crippen LogP contribution in [0.25, 0.3) is 10.2 Å². The summed E-state index contributed by atoms with van der Waals surface area (Å²) < 4.78 is 13.1. The molecule has 0 radical (unpaired) electrons. The first-order valence-electron chi connectivity index (χ1n) is 12.6. The predicted molar refractivity (Wildman–Crippen MR) is 140 cm³/mol. The summed E-state index contributed by atoms with van der Waals surface area (Å²) >= 11 is 1.79. The Labute approximate surface area is 211 Å². The normalized spacial score (nSPS) is 21.6. The number of ether oxygens (including phenoxy) is 2. The molecule has 0 bridgehead atoms. The van der Waals surface area contributed by atoms with Gasteiger partial charge in [-0.1, -0.05) is 50.2 Å². The van der Waals surface area contributed by atoms with Gasteiger partial charge >= 0.3 is 0 Å². The number of aromatic nitrogens is 1. The van der Waals surface area contributed by atoms with Crippen molar-refractivity contribution in [1.29, 1.82) is 0 Å². The fourth-order valence-corrected chi connectivity index (χ4v) is 6.70. The van der Waals surface area contributed by atoms with Crippen molar-refractivity contribution in [2.45, 2.75) is 50.8 Å².